The molecule has 0 aliphatic carbocycles. The Morgan fingerprint density at radius 2 is 2.07 bits per heavy atom. The Morgan fingerprint density at radius 1 is 1.43 bits per heavy atom. The molecule has 1 saturated heterocycles. The number of hydrogen-bond acceptors (Lipinski definition) is 4. The Labute approximate surface area is 85.8 Å². The number of ether oxygens (including phenoxy) is 2. The van der Waals surface area contributed by atoms with E-state index in [0.717, 1.165) is 19.5 Å². The molecule has 1 aliphatic heterocycles. The van der Waals surface area contributed by atoms with Gasteiger partial charge in [-0.1, -0.05) is 6.92 Å². The number of likely N-dealkylation sites (tertiary alicyclic amines) is 1. The fraction of sp³-hybridized carbons (Fsp3) is 1.00. The van der Waals surface area contributed by atoms with Crippen LogP contribution < -0.4 is 0 Å². The van der Waals surface area contributed by atoms with Gasteiger partial charge in [0.2, 0.25) is 0 Å². The maximum atomic E-state index is 9.24. The minimum Gasteiger partial charge on any atom is -0.395 e. The molecule has 0 saturated carbocycles. The zero-order valence-electron chi connectivity index (χ0n) is 9.27. The average Bonchev–Trinajstić information content (AvgIpc) is 2.55. The van der Waals surface area contributed by atoms with Gasteiger partial charge in [-0.25, -0.2) is 0 Å². The molecule has 84 valence electrons. The van der Waals surface area contributed by atoms with Crippen LogP contribution in [0.2, 0.25) is 0 Å². The summed E-state index contributed by atoms with van der Waals surface area (Å²) in [5.74, 6) is 0.564. The second kappa shape index (κ2) is 5.66. The predicted octanol–water partition coefficient (Wildman–Crippen LogP) is 0.308. The van der Waals surface area contributed by atoms with Gasteiger partial charge in [0.25, 0.3) is 0 Å². The van der Waals surface area contributed by atoms with Crippen LogP contribution in [0, 0.1) is 5.92 Å². The third kappa shape index (κ3) is 2.67. The molecule has 1 rings (SSSR count). The maximum Gasteiger partial charge on any atom is 0.169 e. The molecule has 0 aromatic heterocycles. The van der Waals surface area contributed by atoms with Gasteiger partial charge in [0.05, 0.1) is 6.61 Å². The Balaban J connectivity index is 2.43. The van der Waals surface area contributed by atoms with E-state index in [0.29, 0.717) is 5.92 Å². The zero-order chi connectivity index (χ0) is 10.6. The average molecular weight is 203 g/mol. The second-order valence-electron chi connectivity index (χ2n) is 3.91. The highest BCUT2D eigenvalue weighted by Gasteiger charge is 2.31. The van der Waals surface area contributed by atoms with Crippen molar-refractivity contribution in [2.75, 3.05) is 33.9 Å². The van der Waals surface area contributed by atoms with Crippen molar-refractivity contribution in [3.63, 3.8) is 0 Å². The van der Waals surface area contributed by atoms with Crippen LogP contribution in [0.25, 0.3) is 0 Å². The number of rotatable bonds is 5. The van der Waals surface area contributed by atoms with Crippen molar-refractivity contribution in [3.05, 3.63) is 0 Å². The molecule has 2 unspecified atom stereocenters. The van der Waals surface area contributed by atoms with Gasteiger partial charge in [-0.2, -0.15) is 0 Å². The highest BCUT2D eigenvalue weighted by molar-refractivity contribution is 4.84. The maximum absolute atomic E-state index is 9.24. The van der Waals surface area contributed by atoms with Gasteiger partial charge in [-0.05, 0) is 18.9 Å². The van der Waals surface area contributed by atoms with Crippen LogP contribution in [-0.4, -0.2) is 56.3 Å². The third-order valence-corrected chi connectivity index (χ3v) is 3.09. The van der Waals surface area contributed by atoms with Gasteiger partial charge in [0, 0.05) is 26.8 Å². The van der Waals surface area contributed by atoms with Crippen LogP contribution in [0.3, 0.4) is 0 Å². The summed E-state index contributed by atoms with van der Waals surface area (Å²) < 4.78 is 10.3. The van der Waals surface area contributed by atoms with Crippen LogP contribution in [0.4, 0.5) is 0 Å². The summed E-state index contributed by atoms with van der Waals surface area (Å²) >= 11 is 0. The van der Waals surface area contributed by atoms with Crippen molar-refractivity contribution in [2.24, 2.45) is 5.92 Å². The van der Waals surface area contributed by atoms with Crippen LogP contribution >= 0.6 is 0 Å². The van der Waals surface area contributed by atoms with E-state index in [1.807, 2.05) is 0 Å². The molecule has 0 aromatic rings. The summed E-state index contributed by atoms with van der Waals surface area (Å²) in [7, 11) is 3.28. The molecule has 4 nitrogen and oxygen atoms in total. The summed E-state index contributed by atoms with van der Waals surface area (Å²) in [6.45, 7) is 4.16. The Hall–Kier alpha value is -0.160. The Kier molecular flexibility index (Phi) is 4.81. The molecule has 0 amide bonds. The first-order valence-electron chi connectivity index (χ1n) is 5.13. The molecular weight excluding hydrogens is 182 g/mol. The fourth-order valence-electron chi connectivity index (χ4n) is 2.05. The molecule has 1 N–H and O–H groups in total. The quantitative estimate of drug-likeness (QED) is 0.653. The lowest BCUT2D eigenvalue weighted by atomic mass is 10.0. The Morgan fingerprint density at radius 3 is 2.57 bits per heavy atom. The van der Waals surface area contributed by atoms with E-state index in [9.17, 15) is 5.11 Å². The highest BCUT2D eigenvalue weighted by atomic mass is 16.7. The van der Waals surface area contributed by atoms with Crippen molar-refractivity contribution in [1.82, 2.24) is 4.90 Å². The van der Waals surface area contributed by atoms with Crippen molar-refractivity contribution < 1.29 is 14.6 Å². The van der Waals surface area contributed by atoms with E-state index in [2.05, 4.69) is 11.8 Å². The lowest BCUT2D eigenvalue weighted by Crippen LogP contribution is -2.41. The molecule has 2 atom stereocenters. The first-order chi connectivity index (χ1) is 6.72. The molecule has 4 heteroatoms. The number of nitrogens with zero attached hydrogens (tertiary/aromatic N) is 1. The van der Waals surface area contributed by atoms with Crippen molar-refractivity contribution in [2.45, 2.75) is 25.7 Å². The largest absolute Gasteiger partial charge is 0.395 e. The molecule has 1 fully saturated rings. The summed E-state index contributed by atoms with van der Waals surface area (Å²) in [5, 5.41) is 9.24. The number of hydrogen-bond donors (Lipinski definition) is 1. The minimum atomic E-state index is -0.186. The number of aliphatic hydroxyl groups is 1. The van der Waals surface area contributed by atoms with Gasteiger partial charge in [-0.15, -0.1) is 0 Å². The van der Waals surface area contributed by atoms with E-state index >= 15 is 0 Å². The summed E-state index contributed by atoms with van der Waals surface area (Å²) in [6, 6.07) is 0.266. The number of aliphatic hydroxyl groups excluding tert-OH is 1. The van der Waals surface area contributed by atoms with Crippen molar-refractivity contribution in [1.29, 1.82) is 0 Å². The molecule has 0 radical (unpaired) electrons. The molecular formula is C10H21NO3. The Bertz CT molecular complexity index is 161. The highest BCUT2D eigenvalue weighted by Crippen LogP contribution is 2.23. The SMILES string of the molecule is COC(CN1CCC(C)C1CO)OC. The van der Waals surface area contributed by atoms with Crippen LogP contribution in [-0.2, 0) is 9.47 Å². The first kappa shape index (κ1) is 11.9. The molecule has 1 heterocycles. The van der Waals surface area contributed by atoms with Gasteiger partial charge in [0.1, 0.15) is 0 Å². The molecule has 14 heavy (non-hydrogen) atoms. The summed E-state index contributed by atoms with van der Waals surface area (Å²) in [6.07, 6.45) is 0.958. The summed E-state index contributed by atoms with van der Waals surface area (Å²) in [5.41, 5.74) is 0. The van der Waals surface area contributed by atoms with E-state index in [1.165, 1.54) is 0 Å². The lowest BCUT2D eigenvalue weighted by Gasteiger charge is -2.27. The minimum absolute atomic E-state index is 0.186. The monoisotopic (exact) mass is 203 g/mol. The van der Waals surface area contributed by atoms with Gasteiger partial charge >= 0.3 is 0 Å². The third-order valence-electron chi connectivity index (χ3n) is 3.09. The van der Waals surface area contributed by atoms with Crippen LogP contribution in [0.1, 0.15) is 13.3 Å². The van der Waals surface area contributed by atoms with E-state index in [1.54, 1.807) is 14.2 Å². The normalized spacial score (nSPS) is 28.9. The first-order valence-corrected chi connectivity index (χ1v) is 5.13. The van der Waals surface area contributed by atoms with E-state index in [-0.39, 0.29) is 18.9 Å². The van der Waals surface area contributed by atoms with Crippen LogP contribution in [0.15, 0.2) is 0 Å². The fourth-order valence-corrected chi connectivity index (χ4v) is 2.05. The smallest absolute Gasteiger partial charge is 0.169 e. The van der Waals surface area contributed by atoms with E-state index in [4.69, 9.17) is 9.47 Å². The second-order valence-corrected chi connectivity index (χ2v) is 3.91. The van der Waals surface area contributed by atoms with Crippen molar-refractivity contribution in [3.8, 4) is 0 Å². The predicted molar refractivity (Wildman–Crippen MR) is 54.0 cm³/mol. The van der Waals surface area contributed by atoms with Crippen molar-refractivity contribution >= 4 is 0 Å². The molecule has 0 aromatic carbocycles. The van der Waals surface area contributed by atoms with Gasteiger partial charge in [-0.3, -0.25) is 4.90 Å². The molecule has 1 aliphatic rings. The van der Waals surface area contributed by atoms with Gasteiger partial charge < -0.3 is 14.6 Å². The van der Waals surface area contributed by atoms with E-state index < -0.39 is 0 Å². The number of methoxy groups -OCH3 is 2. The van der Waals surface area contributed by atoms with Gasteiger partial charge in [0.15, 0.2) is 6.29 Å². The molecule has 0 bridgehead atoms. The topological polar surface area (TPSA) is 41.9 Å². The lowest BCUT2D eigenvalue weighted by molar-refractivity contribution is -0.119. The standard InChI is InChI=1S/C10H21NO3/c1-8-4-5-11(9(8)7-12)6-10(13-2)14-3/h8-10,12H,4-7H2,1-3H3. The van der Waals surface area contributed by atoms with Crippen LogP contribution in [0.5, 0.6) is 0 Å². The molecule has 0 spiro atoms. The summed E-state index contributed by atoms with van der Waals surface area (Å²) in [4.78, 5) is 2.24. The zero-order valence-corrected chi connectivity index (χ0v) is 9.27.